The van der Waals surface area contributed by atoms with E-state index < -0.39 is 22.9 Å². The molecule has 0 bridgehead atoms. The van der Waals surface area contributed by atoms with Crippen LogP contribution in [-0.4, -0.2) is 40.4 Å². The van der Waals surface area contributed by atoms with E-state index >= 15 is 0 Å². The van der Waals surface area contributed by atoms with Crippen LogP contribution in [0.2, 0.25) is 0 Å². The van der Waals surface area contributed by atoms with Crippen LogP contribution in [0.4, 0.5) is 10.5 Å². The molecule has 0 saturated carbocycles. The molecule has 0 aromatic heterocycles. The summed E-state index contributed by atoms with van der Waals surface area (Å²) < 4.78 is 0. The molecule has 0 saturated heterocycles. The number of hydrazine groups is 1. The Balaban J connectivity index is 2.10. The molecule has 1 atom stereocenters. The van der Waals surface area contributed by atoms with Crippen LogP contribution in [0.15, 0.2) is 35.5 Å². The van der Waals surface area contributed by atoms with Crippen LogP contribution in [0.25, 0.3) is 0 Å². The summed E-state index contributed by atoms with van der Waals surface area (Å²) in [5.74, 6) is 5.23. The van der Waals surface area contributed by atoms with E-state index in [1.165, 1.54) is 23.1 Å². The number of urea groups is 1. The van der Waals surface area contributed by atoms with E-state index in [1.54, 1.807) is 13.1 Å². The summed E-state index contributed by atoms with van der Waals surface area (Å²) in [6.45, 7) is 0.128. The van der Waals surface area contributed by atoms with Gasteiger partial charge in [0.1, 0.15) is 0 Å². The first-order valence-corrected chi connectivity index (χ1v) is 6.48. The topological polar surface area (TPSA) is 122 Å². The third-order valence-electron chi connectivity index (χ3n) is 3.80. The van der Waals surface area contributed by atoms with Gasteiger partial charge in [0.15, 0.2) is 0 Å². The van der Waals surface area contributed by atoms with E-state index in [2.05, 4.69) is 5.32 Å². The van der Waals surface area contributed by atoms with Crippen LogP contribution in [0.3, 0.4) is 0 Å². The Labute approximate surface area is 125 Å². The Morgan fingerprint density at radius 3 is 2.82 bits per heavy atom. The molecule has 0 fully saturated rings. The van der Waals surface area contributed by atoms with Crippen molar-refractivity contribution in [3.05, 3.63) is 51.2 Å². The number of hydrogen-bond acceptors (Lipinski definition) is 5. The zero-order valence-electron chi connectivity index (χ0n) is 11.6. The average Bonchev–Trinajstić information content (AvgIpc) is 2.79. The standard InChI is InChI=1S/C13H13N5O4/c1-16-9-6-17(14)12(19)10(9)11(15-13(16)20)7-3-2-4-8(5-7)18(21)22/h2-5,11H,6,14H2,1H3,(H,15,20). The number of rotatable bonds is 2. The first-order valence-electron chi connectivity index (χ1n) is 6.48. The zero-order chi connectivity index (χ0) is 16.0. The van der Waals surface area contributed by atoms with E-state index in [-0.39, 0.29) is 12.2 Å². The van der Waals surface area contributed by atoms with Gasteiger partial charge in [-0.3, -0.25) is 24.8 Å². The molecule has 2 heterocycles. The van der Waals surface area contributed by atoms with E-state index in [4.69, 9.17) is 5.84 Å². The summed E-state index contributed by atoms with van der Waals surface area (Å²) in [5.41, 5.74) is 1.20. The van der Waals surface area contributed by atoms with Gasteiger partial charge in [-0.25, -0.2) is 10.6 Å². The number of non-ortho nitro benzene ring substituents is 1. The van der Waals surface area contributed by atoms with Gasteiger partial charge in [0.05, 0.1) is 28.8 Å². The van der Waals surface area contributed by atoms with Crippen LogP contribution in [0.5, 0.6) is 0 Å². The van der Waals surface area contributed by atoms with Gasteiger partial charge in [-0.15, -0.1) is 0 Å². The van der Waals surface area contributed by atoms with Gasteiger partial charge in [0, 0.05) is 19.2 Å². The minimum absolute atomic E-state index is 0.108. The second-order valence-electron chi connectivity index (χ2n) is 5.09. The maximum atomic E-state index is 12.2. The van der Waals surface area contributed by atoms with Crippen molar-refractivity contribution < 1.29 is 14.5 Å². The van der Waals surface area contributed by atoms with Crippen molar-refractivity contribution in [3.63, 3.8) is 0 Å². The highest BCUT2D eigenvalue weighted by Gasteiger charge is 2.42. The fraction of sp³-hybridized carbons (Fsp3) is 0.231. The monoisotopic (exact) mass is 303 g/mol. The molecule has 0 radical (unpaired) electrons. The molecule has 9 nitrogen and oxygen atoms in total. The summed E-state index contributed by atoms with van der Waals surface area (Å²) in [6, 6.07) is 4.69. The number of nitrogens with zero attached hydrogens (tertiary/aromatic N) is 3. The molecular formula is C13H13N5O4. The highest BCUT2D eigenvalue weighted by molar-refractivity contribution is 6.01. The van der Waals surface area contributed by atoms with Crippen molar-refractivity contribution in [2.45, 2.75) is 6.04 Å². The lowest BCUT2D eigenvalue weighted by molar-refractivity contribution is -0.384. The lowest BCUT2D eigenvalue weighted by atomic mass is 9.95. The second kappa shape index (κ2) is 4.81. The highest BCUT2D eigenvalue weighted by Crippen LogP contribution is 2.35. The summed E-state index contributed by atoms with van der Waals surface area (Å²) in [5, 5.41) is 14.6. The number of nitro groups is 1. The van der Waals surface area contributed by atoms with E-state index in [0.29, 0.717) is 16.8 Å². The molecule has 1 aromatic carbocycles. The van der Waals surface area contributed by atoms with Crippen molar-refractivity contribution >= 4 is 17.6 Å². The molecule has 114 valence electrons. The molecule has 2 aliphatic rings. The fourth-order valence-electron chi connectivity index (χ4n) is 2.66. The fourth-order valence-corrected chi connectivity index (χ4v) is 2.66. The maximum absolute atomic E-state index is 12.2. The Morgan fingerprint density at radius 2 is 2.14 bits per heavy atom. The van der Waals surface area contributed by atoms with Crippen molar-refractivity contribution in [3.8, 4) is 0 Å². The number of likely N-dealkylation sites (N-methyl/N-ethyl adjacent to an activating group) is 1. The zero-order valence-corrected chi connectivity index (χ0v) is 11.6. The van der Waals surface area contributed by atoms with Gasteiger partial charge in [0.2, 0.25) is 0 Å². The Bertz CT molecular complexity index is 729. The first kappa shape index (κ1) is 14.0. The number of benzene rings is 1. The maximum Gasteiger partial charge on any atom is 0.322 e. The normalized spacial score (nSPS) is 21.1. The van der Waals surface area contributed by atoms with Gasteiger partial charge in [-0.2, -0.15) is 0 Å². The third-order valence-corrected chi connectivity index (χ3v) is 3.80. The SMILES string of the molecule is CN1C(=O)NC(c2cccc([N+](=O)[O-])c2)C2=C1CN(N)C2=O. The van der Waals surface area contributed by atoms with Crippen LogP contribution in [0.1, 0.15) is 11.6 Å². The molecule has 1 aromatic rings. The second-order valence-corrected chi connectivity index (χ2v) is 5.09. The van der Waals surface area contributed by atoms with Crippen LogP contribution in [0, 0.1) is 10.1 Å². The molecule has 3 rings (SSSR count). The van der Waals surface area contributed by atoms with Crippen LogP contribution < -0.4 is 11.2 Å². The van der Waals surface area contributed by atoms with Crippen molar-refractivity contribution in [1.29, 1.82) is 0 Å². The Kier molecular flexibility index (Phi) is 3.06. The van der Waals surface area contributed by atoms with Gasteiger partial charge >= 0.3 is 6.03 Å². The van der Waals surface area contributed by atoms with E-state index in [9.17, 15) is 19.7 Å². The van der Waals surface area contributed by atoms with Gasteiger partial charge in [-0.05, 0) is 5.56 Å². The molecule has 3 amide bonds. The highest BCUT2D eigenvalue weighted by atomic mass is 16.6. The quantitative estimate of drug-likeness (QED) is 0.351. The Hall–Kier alpha value is -2.94. The van der Waals surface area contributed by atoms with Crippen LogP contribution >= 0.6 is 0 Å². The summed E-state index contributed by atoms with van der Waals surface area (Å²) in [4.78, 5) is 36.0. The van der Waals surface area contributed by atoms with Gasteiger partial charge < -0.3 is 5.32 Å². The summed E-state index contributed by atoms with van der Waals surface area (Å²) in [7, 11) is 1.54. The Morgan fingerprint density at radius 1 is 1.41 bits per heavy atom. The largest absolute Gasteiger partial charge is 0.326 e. The molecule has 2 aliphatic heterocycles. The molecule has 1 unspecified atom stereocenters. The van der Waals surface area contributed by atoms with Gasteiger partial charge in [0.25, 0.3) is 11.6 Å². The molecule has 22 heavy (non-hydrogen) atoms. The van der Waals surface area contributed by atoms with E-state index in [1.807, 2.05) is 0 Å². The smallest absolute Gasteiger partial charge is 0.322 e. The number of amides is 3. The number of carbonyl (C=O) groups is 2. The molecule has 0 aliphatic carbocycles. The lowest BCUT2D eigenvalue weighted by Crippen LogP contribution is -2.45. The first-order chi connectivity index (χ1) is 10.4. The van der Waals surface area contributed by atoms with Crippen molar-refractivity contribution in [2.75, 3.05) is 13.6 Å². The lowest BCUT2D eigenvalue weighted by Gasteiger charge is -2.30. The molecular weight excluding hydrogens is 290 g/mol. The van der Waals surface area contributed by atoms with Crippen LogP contribution in [-0.2, 0) is 4.79 Å². The number of carbonyl (C=O) groups excluding carboxylic acids is 2. The molecule has 3 N–H and O–H groups in total. The van der Waals surface area contributed by atoms with E-state index in [0.717, 1.165) is 5.01 Å². The van der Waals surface area contributed by atoms with Crippen molar-refractivity contribution in [2.24, 2.45) is 5.84 Å². The summed E-state index contributed by atoms with van der Waals surface area (Å²) in [6.07, 6.45) is 0. The van der Waals surface area contributed by atoms with Crippen molar-refractivity contribution in [1.82, 2.24) is 15.2 Å². The number of nitrogens with two attached hydrogens (primary N) is 1. The number of hydrogen-bond donors (Lipinski definition) is 2. The number of nitrogens with one attached hydrogen (secondary N) is 1. The molecule has 0 spiro atoms. The number of nitro benzene ring substituents is 1. The predicted molar refractivity (Wildman–Crippen MR) is 75.1 cm³/mol. The molecule has 9 heteroatoms. The minimum atomic E-state index is -0.750. The summed E-state index contributed by atoms with van der Waals surface area (Å²) >= 11 is 0. The minimum Gasteiger partial charge on any atom is -0.326 e. The predicted octanol–water partition coefficient (Wildman–Crippen LogP) is 0.261. The average molecular weight is 303 g/mol. The third kappa shape index (κ3) is 1.99. The van der Waals surface area contributed by atoms with Gasteiger partial charge in [-0.1, -0.05) is 12.1 Å².